The monoisotopic (exact) mass is 279 g/mol. The summed E-state index contributed by atoms with van der Waals surface area (Å²) in [5.41, 5.74) is -0.622. The van der Waals surface area contributed by atoms with Crippen LogP contribution < -0.4 is 5.32 Å². The van der Waals surface area contributed by atoms with Crippen LogP contribution in [-0.4, -0.2) is 44.9 Å². The van der Waals surface area contributed by atoms with Gasteiger partial charge in [0, 0.05) is 11.5 Å². The smallest absolute Gasteiger partial charge is 0.408 e. The summed E-state index contributed by atoms with van der Waals surface area (Å²) in [6, 6.07) is -0.901. The molecule has 0 aromatic carbocycles. The molecule has 1 fully saturated rings. The lowest BCUT2D eigenvalue weighted by molar-refractivity contribution is -0.139. The molecule has 0 saturated carbocycles. The van der Waals surface area contributed by atoms with E-state index in [-0.39, 0.29) is 4.58 Å². The Kier molecular flexibility index (Phi) is 5.00. The predicted octanol–water partition coefficient (Wildman–Crippen LogP) is 1.77. The molecule has 98 valence electrons. The third kappa shape index (κ3) is 5.08. The molecule has 1 atom stereocenters. The highest BCUT2D eigenvalue weighted by atomic mass is 32.2. The van der Waals surface area contributed by atoms with Crippen molar-refractivity contribution in [2.45, 2.75) is 37.0 Å². The van der Waals surface area contributed by atoms with Crippen molar-refractivity contribution >= 4 is 35.6 Å². The van der Waals surface area contributed by atoms with E-state index in [1.807, 2.05) is 0 Å². The number of alkyl carbamates (subject to hydrolysis) is 1. The molecule has 0 aromatic rings. The van der Waals surface area contributed by atoms with Crippen LogP contribution in [0.5, 0.6) is 0 Å². The Balaban J connectivity index is 2.55. The first-order chi connectivity index (χ1) is 7.79. The fourth-order valence-electron chi connectivity index (χ4n) is 1.25. The average Bonchev–Trinajstić information content (AvgIpc) is 2.63. The van der Waals surface area contributed by atoms with Crippen molar-refractivity contribution in [2.24, 2.45) is 0 Å². The van der Waals surface area contributed by atoms with E-state index in [0.717, 1.165) is 11.5 Å². The van der Waals surface area contributed by atoms with Crippen LogP contribution in [0.3, 0.4) is 0 Å². The second-order valence-electron chi connectivity index (χ2n) is 4.57. The fraction of sp³-hybridized carbons (Fsp3) is 0.800. The lowest BCUT2D eigenvalue weighted by Crippen LogP contribution is -2.47. The number of rotatable bonds is 3. The topological polar surface area (TPSA) is 75.6 Å². The van der Waals surface area contributed by atoms with Gasteiger partial charge in [0.2, 0.25) is 0 Å². The number of aliphatic carboxylic acids is 1. The maximum Gasteiger partial charge on any atom is 0.408 e. The maximum absolute atomic E-state index is 11.5. The molecule has 0 aliphatic carbocycles. The molecule has 5 nitrogen and oxygen atoms in total. The molecule has 1 heterocycles. The summed E-state index contributed by atoms with van der Waals surface area (Å²) in [6.45, 7) is 5.21. The molecule has 1 aliphatic rings. The third-order valence-electron chi connectivity index (χ3n) is 1.86. The molecule has 0 bridgehead atoms. The van der Waals surface area contributed by atoms with Gasteiger partial charge in [-0.15, -0.1) is 23.5 Å². The zero-order valence-corrected chi connectivity index (χ0v) is 11.7. The molecule has 0 unspecified atom stereocenters. The minimum absolute atomic E-state index is 0.139. The zero-order chi connectivity index (χ0) is 13.1. The van der Waals surface area contributed by atoms with Gasteiger partial charge in [-0.3, -0.25) is 0 Å². The van der Waals surface area contributed by atoms with E-state index in [2.05, 4.69) is 5.32 Å². The molecule has 1 aliphatic heterocycles. The van der Waals surface area contributed by atoms with Crippen LogP contribution in [-0.2, 0) is 9.53 Å². The summed E-state index contributed by atoms with van der Waals surface area (Å²) in [5.74, 6) is 0.798. The van der Waals surface area contributed by atoms with Crippen LogP contribution in [0.15, 0.2) is 0 Å². The van der Waals surface area contributed by atoms with E-state index < -0.39 is 23.7 Å². The first-order valence-corrected chi connectivity index (χ1v) is 7.35. The van der Waals surface area contributed by atoms with Crippen LogP contribution in [0, 0.1) is 0 Å². The highest BCUT2D eigenvalue weighted by Crippen LogP contribution is 2.34. The van der Waals surface area contributed by atoms with Crippen molar-refractivity contribution in [3.8, 4) is 0 Å². The number of carbonyl (C=O) groups is 2. The van der Waals surface area contributed by atoms with Gasteiger partial charge in [-0.25, -0.2) is 9.59 Å². The number of ether oxygens (including phenoxy) is 1. The second-order valence-corrected chi connectivity index (χ2v) is 7.37. The van der Waals surface area contributed by atoms with Gasteiger partial charge >= 0.3 is 12.1 Å². The van der Waals surface area contributed by atoms with Gasteiger partial charge in [-0.2, -0.15) is 0 Å². The van der Waals surface area contributed by atoms with E-state index in [1.54, 1.807) is 44.3 Å². The van der Waals surface area contributed by atoms with Gasteiger partial charge in [0.1, 0.15) is 5.60 Å². The van der Waals surface area contributed by atoms with E-state index in [0.29, 0.717) is 0 Å². The Bertz CT molecular complexity index is 297. The van der Waals surface area contributed by atoms with Crippen LogP contribution in [0.1, 0.15) is 20.8 Å². The van der Waals surface area contributed by atoms with Crippen LogP contribution in [0.4, 0.5) is 4.79 Å². The Morgan fingerprint density at radius 3 is 2.29 bits per heavy atom. The predicted molar refractivity (Wildman–Crippen MR) is 69.5 cm³/mol. The number of carboxylic acids is 1. The van der Waals surface area contributed by atoms with Gasteiger partial charge in [0.25, 0.3) is 0 Å². The van der Waals surface area contributed by atoms with Crippen molar-refractivity contribution in [3.05, 3.63) is 0 Å². The van der Waals surface area contributed by atoms with Gasteiger partial charge in [0.15, 0.2) is 6.04 Å². The average molecular weight is 279 g/mol. The molecule has 0 radical (unpaired) electrons. The Hall–Kier alpha value is -0.560. The minimum Gasteiger partial charge on any atom is -0.480 e. The second kappa shape index (κ2) is 5.86. The number of hydrogen-bond donors (Lipinski definition) is 2. The normalized spacial score (nSPS) is 18.8. The first kappa shape index (κ1) is 14.5. The van der Waals surface area contributed by atoms with Crippen molar-refractivity contribution in [3.63, 3.8) is 0 Å². The number of nitrogens with one attached hydrogen (secondary N) is 1. The molecule has 0 aromatic heterocycles. The lowest BCUT2D eigenvalue weighted by Gasteiger charge is -2.23. The SMILES string of the molecule is CC(C)(C)OC(=O)N[C@H](C(=O)O)C1SCCS1. The lowest BCUT2D eigenvalue weighted by atomic mass is 10.2. The molecule has 17 heavy (non-hydrogen) atoms. The van der Waals surface area contributed by atoms with Crippen LogP contribution in [0.25, 0.3) is 0 Å². The Labute approximate surface area is 109 Å². The molecular formula is C10H17NO4S2. The summed E-state index contributed by atoms with van der Waals surface area (Å²) in [5, 5.41) is 11.5. The Morgan fingerprint density at radius 2 is 1.88 bits per heavy atom. The maximum atomic E-state index is 11.5. The highest BCUT2D eigenvalue weighted by molar-refractivity contribution is 8.20. The molecular weight excluding hydrogens is 262 g/mol. The third-order valence-corrected chi connectivity index (χ3v) is 5.01. The molecule has 7 heteroatoms. The number of amides is 1. The number of thioether (sulfide) groups is 2. The van der Waals surface area contributed by atoms with Gasteiger partial charge < -0.3 is 15.2 Å². The standard InChI is InChI=1S/C10H17NO4S2/c1-10(2,3)15-9(14)11-6(7(12)13)8-16-4-5-17-8/h6,8H,4-5H2,1-3H3,(H,11,14)(H,12,13)/t6-/m1/s1. The Morgan fingerprint density at radius 1 is 1.35 bits per heavy atom. The largest absolute Gasteiger partial charge is 0.480 e. The van der Waals surface area contributed by atoms with Gasteiger partial charge in [0.05, 0.1) is 4.58 Å². The van der Waals surface area contributed by atoms with Crippen molar-refractivity contribution in [1.29, 1.82) is 0 Å². The van der Waals surface area contributed by atoms with E-state index in [1.165, 1.54) is 0 Å². The van der Waals surface area contributed by atoms with Crippen molar-refractivity contribution in [2.75, 3.05) is 11.5 Å². The zero-order valence-electron chi connectivity index (χ0n) is 10.1. The summed E-state index contributed by atoms with van der Waals surface area (Å²) in [6.07, 6.45) is -0.682. The quantitative estimate of drug-likeness (QED) is 0.820. The number of carboxylic acid groups (broad SMARTS) is 1. The summed E-state index contributed by atoms with van der Waals surface area (Å²) >= 11 is 3.10. The first-order valence-electron chi connectivity index (χ1n) is 5.25. The fourth-order valence-corrected chi connectivity index (χ4v) is 4.20. The van der Waals surface area contributed by atoms with Crippen molar-refractivity contribution < 1.29 is 19.4 Å². The van der Waals surface area contributed by atoms with E-state index in [9.17, 15) is 9.59 Å². The summed E-state index contributed by atoms with van der Waals surface area (Å²) < 4.78 is 4.91. The molecule has 1 amide bonds. The molecule has 1 rings (SSSR count). The molecule has 1 saturated heterocycles. The number of hydrogen-bond acceptors (Lipinski definition) is 5. The molecule has 0 spiro atoms. The minimum atomic E-state index is -1.03. The van der Waals surface area contributed by atoms with E-state index >= 15 is 0 Å². The molecule has 2 N–H and O–H groups in total. The van der Waals surface area contributed by atoms with Crippen LogP contribution >= 0.6 is 23.5 Å². The van der Waals surface area contributed by atoms with Gasteiger partial charge in [-0.05, 0) is 20.8 Å². The van der Waals surface area contributed by atoms with Crippen molar-refractivity contribution in [1.82, 2.24) is 5.32 Å². The van der Waals surface area contributed by atoms with Gasteiger partial charge in [-0.1, -0.05) is 0 Å². The number of carbonyl (C=O) groups excluding carboxylic acids is 1. The summed E-state index contributed by atoms with van der Waals surface area (Å²) in [7, 11) is 0. The highest BCUT2D eigenvalue weighted by Gasteiger charge is 2.34. The van der Waals surface area contributed by atoms with E-state index in [4.69, 9.17) is 9.84 Å². The summed E-state index contributed by atoms with van der Waals surface area (Å²) in [4.78, 5) is 22.6. The van der Waals surface area contributed by atoms with Crippen LogP contribution in [0.2, 0.25) is 0 Å².